The number of carbonyl (C=O) groups excluding carboxylic acids is 1. The maximum absolute atomic E-state index is 12.6. The SMILES string of the molecule is Cc1cc(C)c(CC(=O)NC2(C#N)CCC3(CC2)OCCO3)c(C)c1. The highest BCUT2D eigenvalue weighted by molar-refractivity contribution is 5.80. The van der Waals surface area contributed by atoms with Crippen molar-refractivity contribution >= 4 is 5.91 Å². The molecule has 1 saturated carbocycles. The largest absolute Gasteiger partial charge is 0.348 e. The molecule has 1 aliphatic carbocycles. The second-order valence-corrected chi connectivity index (χ2v) is 7.40. The van der Waals surface area contributed by atoms with Gasteiger partial charge in [0, 0.05) is 12.8 Å². The Morgan fingerprint density at radius 1 is 1.12 bits per heavy atom. The number of rotatable bonds is 3. The minimum absolute atomic E-state index is 0.0965. The van der Waals surface area contributed by atoms with Crippen LogP contribution in [0.3, 0.4) is 0 Å². The van der Waals surface area contributed by atoms with E-state index in [2.05, 4.69) is 30.4 Å². The molecule has 5 nitrogen and oxygen atoms in total. The van der Waals surface area contributed by atoms with Gasteiger partial charge >= 0.3 is 0 Å². The van der Waals surface area contributed by atoms with Crippen LogP contribution in [0.2, 0.25) is 0 Å². The average molecular weight is 342 g/mol. The maximum atomic E-state index is 12.6. The van der Waals surface area contributed by atoms with E-state index in [1.165, 1.54) is 5.56 Å². The second kappa shape index (κ2) is 6.78. The minimum Gasteiger partial charge on any atom is -0.348 e. The Bertz CT molecular complexity index is 681. The number of hydrogen-bond acceptors (Lipinski definition) is 4. The Kier molecular flexibility index (Phi) is 4.86. The van der Waals surface area contributed by atoms with Gasteiger partial charge in [0.15, 0.2) is 5.79 Å². The van der Waals surface area contributed by atoms with E-state index < -0.39 is 11.3 Å². The van der Waals surface area contributed by atoms with Crippen molar-refractivity contribution in [3.8, 4) is 6.07 Å². The van der Waals surface area contributed by atoms with E-state index >= 15 is 0 Å². The first-order valence-corrected chi connectivity index (χ1v) is 8.94. The molecule has 3 rings (SSSR count). The van der Waals surface area contributed by atoms with Gasteiger partial charge < -0.3 is 14.8 Å². The third-order valence-electron chi connectivity index (χ3n) is 5.45. The minimum atomic E-state index is -0.815. The molecule has 1 heterocycles. The lowest BCUT2D eigenvalue weighted by Crippen LogP contribution is -2.53. The fraction of sp³-hybridized carbons (Fsp3) is 0.600. The van der Waals surface area contributed by atoms with Gasteiger partial charge in [-0.1, -0.05) is 17.7 Å². The van der Waals surface area contributed by atoms with Crippen LogP contribution in [-0.2, 0) is 20.7 Å². The number of hydrogen-bond donors (Lipinski definition) is 1. The summed E-state index contributed by atoms with van der Waals surface area (Å²) in [7, 11) is 0. The van der Waals surface area contributed by atoms with E-state index in [1.807, 2.05) is 13.8 Å². The first kappa shape index (κ1) is 17.9. The monoisotopic (exact) mass is 342 g/mol. The van der Waals surface area contributed by atoms with Gasteiger partial charge in [-0.25, -0.2) is 0 Å². The third-order valence-corrected chi connectivity index (χ3v) is 5.45. The standard InChI is InChI=1S/C20H26N2O3/c1-14-10-15(2)17(16(3)11-14)12-18(23)22-19(13-21)4-6-20(7-5-19)24-8-9-25-20/h10-11H,4-9,12H2,1-3H3,(H,22,23). The van der Waals surface area contributed by atoms with Crippen LogP contribution in [0.15, 0.2) is 12.1 Å². The van der Waals surface area contributed by atoms with Crippen molar-refractivity contribution in [2.75, 3.05) is 13.2 Å². The van der Waals surface area contributed by atoms with E-state index in [1.54, 1.807) is 0 Å². The summed E-state index contributed by atoms with van der Waals surface area (Å²) in [6.45, 7) is 7.33. The molecule has 134 valence electrons. The van der Waals surface area contributed by atoms with Crippen molar-refractivity contribution in [3.63, 3.8) is 0 Å². The van der Waals surface area contributed by atoms with Crippen molar-refractivity contribution in [2.24, 2.45) is 0 Å². The summed E-state index contributed by atoms with van der Waals surface area (Å²) in [6.07, 6.45) is 2.70. The molecule has 25 heavy (non-hydrogen) atoms. The molecule has 2 aliphatic rings. The van der Waals surface area contributed by atoms with Crippen LogP contribution in [0.1, 0.15) is 47.9 Å². The van der Waals surface area contributed by atoms with E-state index in [9.17, 15) is 10.1 Å². The van der Waals surface area contributed by atoms with Gasteiger partial charge in [-0.3, -0.25) is 4.79 Å². The maximum Gasteiger partial charge on any atom is 0.225 e. The van der Waals surface area contributed by atoms with Crippen molar-refractivity contribution in [3.05, 3.63) is 34.4 Å². The van der Waals surface area contributed by atoms with E-state index in [0.717, 1.165) is 16.7 Å². The summed E-state index contributed by atoms with van der Waals surface area (Å²) in [5.74, 6) is -0.629. The van der Waals surface area contributed by atoms with Crippen LogP contribution < -0.4 is 5.32 Å². The highest BCUT2D eigenvalue weighted by atomic mass is 16.7. The predicted molar refractivity (Wildman–Crippen MR) is 93.9 cm³/mol. The normalized spacial score (nSPS) is 21.0. The smallest absolute Gasteiger partial charge is 0.225 e. The number of nitrogens with one attached hydrogen (secondary N) is 1. The number of ether oxygens (including phenoxy) is 2. The first-order chi connectivity index (χ1) is 11.9. The zero-order valence-electron chi connectivity index (χ0n) is 15.3. The molecule has 2 fully saturated rings. The van der Waals surface area contributed by atoms with Crippen LogP contribution in [0.4, 0.5) is 0 Å². The topological polar surface area (TPSA) is 71.4 Å². The predicted octanol–water partition coefficient (Wildman–Crippen LogP) is 2.85. The Labute approximate surface area is 149 Å². The summed E-state index contributed by atoms with van der Waals surface area (Å²) in [5, 5.41) is 12.7. The lowest BCUT2D eigenvalue weighted by Gasteiger charge is -2.40. The first-order valence-electron chi connectivity index (χ1n) is 8.94. The number of benzene rings is 1. The Morgan fingerprint density at radius 2 is 1.68 bits per heavy atom. The molecule has 1 spiro atoms. The van der Waals surface area contributed by atoms with E-state index in [-0.39, 0.29) is 5.91 Å². The molecule has 5 heteroatoms. The van der Waals surface area contributed by atoms with Gasteiger partial charge in [0.2, 0.25) is 5.91 Å². The van der Waals surface area contributed by atoms with Gasteiger partial charge in [-0.15, -0.1) is 0 Å². The average Bonchev–Trinajstić information content (AvgIpc) is 3.02. The van der Waals surface area contributed by atoms with Crippen LogP contribution in [-0.4, -0.2) is 30.4 Å². The number of nitriles is 1. The number of amides is 1. The van der Waals surface area contributed by atoms with Gasteiger partial charge in [0.05, 0.1) is 25.7 Å². The van der Waals surface area contributed by atoms with Gasteiger partial charge in [-0.05, 0) is 50.3 Å². The molecule has 0 atom stereocenters. The molecule has 0 unspecified atom stereocenters. The van der Waals surface area contributed by atoms with E-state index in [0.29, 0.717) is 45.3 Å². The Morgan fingerprint density at radius 3 is 2.20 bits per heavy atom. The fourth-order valence-electron chi connectivity index (χ4n) is 4.07. The van der Waals surface area contributed by atoms with E-state index in [4.69, 9.17) is 9.47 Å². The lowest BCUT2D eigenvalue weighted by molar-refractivity contribution is -0.183. The van der Waals surface area contributed by atoms with Crippen LogP contribution >= 0.6 is 0 Å². The summed E-state index contributed by atoms with van der Waals surface area (Å²) in [6, 6.07) is 6.52. The number of aryl methyl sites for hydroxylation is 3. The molecule has 1 N–H and O–H groups in total. The molecule has 1 saturated heterocycles. The summed E-state index contributed by atoms with van der Waals surface area (Å²) < 4.78 is 11.4. The second-order valence-electron chi connectivity index (χ2n) is 7.40. The number of nitrogens with zero attached hydrogens (tertiary/aromatic N) is 1. The summed E-state index contributed by atoms with van der Waals surface area (Å²) in [4.78, 5) is 12.6. The van der Waals surface area contributed by atoms with Gasteiger partial charge in [-0.2, -0.15) is 5.26 Å². The quantitative estimate of drug-likeness (QED) is 0.917. The Balaban J connectivity index is 1.67. The van der Waals surface area contributed by atoms with Crippen molar-refractivity contribution in [1.82, 2.24) is 5.32 Å². The molecule has 1 aromatic rings. The molecule has 0 radical (unpaired) electrons. The summed E-state index contributed by atoms with van der Waals surface area (Å²) >= 11 is 0. The zero-order chi connectivity index (χ0) is 18.1. The van der Waals surface area contributed by atoms with Gasteiger partial charge in [0.1, 0.15) is 5.54 Å². The fourth-order valence-corrected chi connectivity index (χ4v) is 4.07. The van der Waals surface area contributed by atoms with Crippen molar-refractivity contribution < 1.29 is 14.3 Å². The third kappa shape index (κ3) is 3.70. The molecular weight excluding hydrogens is 316 g/mol. The molecule has 0 aromatic heterocycles. The highest BCUT2D eigenvalue weighted by Gasteiger charge is 2.47. The number of carbonyl (C=O) groups is 1. The molecule has 1 aromatic carbocycles. The zero-order valence-corrected chi connectivity index (χ0v) is 15.3. The van der Waals surface area contributed by atoms with Crippen molar-refractivity contribution in [2.45, 2.75) is 64.2 Å². The van der Waals surface area contributed by atoms with Crippen LogP contribution in [0.25, 0.3) is 0 Å². The van der Waals surface area contributed by atoms with Crippen LogP contribution in [0.5, 0.6) is 0 Å². The van der Waals surface area contributed by atoms with Crippen LogP contribution in [0, 0.1) is 32.1 Å². The molecule has 1 aliphatic heterocycles. The Hall–Kier alpha value is -1.90. The lowest BCUT2D eigenvalue weighted by atomic mass is 9.79. The summed E-state index contributed by atoms with van der Waals surface area (Å²) in [5.41, 5.74) is 3.67. The van der Waals surface area contributed by atoms with Crippen molar-refractivity contribution in [1.29, 1.82) is 5.26 Å². The van der Waals surface area contributed by atoms with Gasteiger partial charge in [0.25, 0.3) is 0 Å². The molecule has 1 amide bonds. The highest BCUT2D eigenvalue weighted by Crippen LogP contribution is 2.40. The molecular formula is C20H26N2O3. The molecule has 0 bridgehead atoms.